The van der Waals surface area contributed by atoms with Crippen LogP contribution < -0.4 is 0 Å². The van der Waals surface area contributed by atoms with Gasteiger partial charge >= 0.3 is 5.97 Å². The number of hydrogen-bond acceptors (Lipinski definition) is 4. The molecule has 0 amide bonds. The SMILES string of the molecule is O=C(O)c1nc(-c2ccccc2)oc1-c1ccc(Cl)o1. The van der Waals surface area contributed by atoms with Gasteiger partial charge < -0.3 is 13.9 Å². The molecular weight excluding hydrogens is 282 g/mol. The molecule has 3 aromatic rings. The molecule has 0 unspecified atom stereocenters. The van der Waals surface area contributed by atoms with Gasteiger partial charge in [0.2, 0.25) is 11.7 Å². The van der Waals surface area contributed by atoms with Crippen molar-refractivity contribution in [2.24, 2.45) is 0 Å². The monoisotopic (exact) mass is 289 g/mol. The van der Waals surface area contributed by atoms with Crippen LogP contribution in [0.2, 0.25) is 5.22 Å². The Kier molecular flexibility index (Phi) is 3.04. The van der Waals surface area contributed by atoms with Gasteiger partial charge in [-0.3, -0.25) is 0 Å². The molecule has 0 bridgehead atoms. The fourth-order valence-corrected chi connectivity index (χ4v) is 1.92. The quantitative estimate of drug-likeness (QED) is 0.790. The average Bonchev–Trinajstić information content (AvgIpc) is 3.05. The van der Waals surface area contributed by atoms with Gasteiger partial charge in [0.15, 0.2) is 16.7 Å². The van der Waals surface area contributed by atoms with E-state index in [1.165, 1.54) is 12.1 Å². The number of carbonyl (C=O) groups is 1. The highest BCUT2D eigenvalue weighted by atomic mass is 35.5. The zero-order valence-electron chi connectivity index (χ0n) is 10.0. The van der Waals surface area contributed by atoms with Crippen LogP contribution in [0.3, 0.4) is 0 Å². The molecule has 2 aromatic heterocycles. The number of aromatic nitrogens is 1. The second kappa shape index (κ2) is 4.86. The summed E-state index contributed by atoms with van der Waals surface area (Å²) in [5.41, 5.74) is 0.466. The number of rotatable bonds is 3. The molecule has 0 saturated heterocycles. The van der Waals surface area contributed by atoms with Crippen LogP contribution in [-0.4, -0.2) is 16.1 Å². The molecule has 3 rings (SSSR count). The molecule has 1 N–H and O–H groups in total. The predicted octanol–water partition coefficient (Wildman–Crippen LogP) is 3.95. The molecule has 0 aliphatic carbocycles. The van der Waals surface area contributed by atoms with Gasteiger partial charge in [-0.25, -0.2) is 9.78 Å². The average molecular weight is 290 g/mol. The highest BCUT2D eigenvalue weighted by Gasteiger charge is 2.23. The number of furan rings is 1. The summed E-state index contributed by atoms with van der Waals surface area (Å²) in [6, 6.07) is 12.1. The largest absolute Gasteiger partial charge is 0.476 e. The van der Waals surface area contributed by atoms with Crippen LogP contribution in [0.4, 0.5) is 0 Å². The predicted molar refractivity (Wildman–Crippen MR) is 71.6 cm³/mol. The van der Waals surface area contributed by atoms with Gasteiger partial charge in [0.1, 0.15) is 0 Å². The van der Waals surface area contributed by atoms with E-state index in [2.05, 4.69) is 4.98 Å². The number of oxazole rings is 1. The van der Waals surface area contributed by atoms with Crippen molar-refractivity contribution < 1.29 is 18.7 Å². The van der Waals surface area contributed by atoms with Crippen LogP contribution in [0.5, 0.6) is 0 Å². The molecule has 1 aromatic carbocycles. The lowest BCUT2D eigenvalue weighted by molar-refractivity contribution is 0.0691. The van der Waals surface area contributed by atoms with E-state index in [1.807, 2.05) is 18.2 Å². The van der Waals surface area contributed by atoms with Gasteiger partial charge in [0, 0.05) is 5.56 Å². The van der Waals surface area contributed by atoms with Crippen molar-refractivity contribution in [2.45, 2.75) is 0 Å². The summed E-state index contributed by atoms with van der Waals surface area (Å²) in [7, 11) is 0. The fraction of sp³-hybridized carbons (Fsp3) is 0. The number of nitrogens with zero attached hydrogens (tertiary/aromatic N) is 1. The topological polar surface area (TPSA) is 76.5 Å². The fourth-order valence-electron chi connectivity index (χ4n) is 1.77. The lowest BCUT2D eigenvalue weighted by Crippen LogP contribution is -1.98. The van der Waals surface area contributed by atoms with Crippen molar-refractivity contribution in [2.75, 3.05) is 0 Å². The smallest absolute Gasteiger partial charge is 0.358 e. The number of halogens is 1. The van der Waals surface area contributed by atoms with E-state index in [4.69, 9.17) is 20.4 Å². The summed E-state index contributed by atoms with van der Waals surface area (Å²) in [4.78, 5) is 15.2. The lowest BCUT2D eigenvalue weighted by atomic mass is 10.2. The van der Waals surface area contributed by atoms with E-state index in [0.717, 1.165) is 0 Å². The molecule has 100 valence electrons. The number of hydrogen-bond donors (Lipinski definition) is 1. The van der Waals surface area contributed by atoms with Gasteiger partial charge in [-0.1, -0.05) is 18.2 Å². The Morgan fingerprint density at radius 3 is 2.45 bits per heavy atom. The van der Waals surface area contributed by atoms with Crippen molar-refractivity contribution in [1.82, 2.24) is 4.98 Å². The number of benzene rings is 1. The van der Waals surface area contributed by atoms with Crippen molar-refractivity contribution >= 4 is 17.6 Å². The maximum Gasteiger partial charge on any atom is 0.358 e. The first-order chi connectivity index (χ1) is 9.65. The molecule has 0 spiro atoms. The van der Waals surface area contributed by atoms with Crippen LogP contribution >= 0.6 is 11.6 Å². The Morgan fingerprint density at radius 1 is 1.10 bits per heavy atom. The van der Waals surface area contributed by atoms with E-state index in [0.29, 0.717) is 5.56 Å². The summed E-state index contributed by atoms with van der Waals surface area (Å²) in [5.74, 6) is -0.714. The van der Waals surface area contributed by atoms with Crippen LogP contribution in [0.25, 0.3) is 23.0 Å². The first kappa shape index (κ1) is 12.5. The summed E-state index contributed by atoms with van der Waals surface area (Å²) >= 11 is 5.69. The number of carboxylic acid groups (broad SMARTS) is 1. The minimum Gasteiger partial charge on any atom is -0.476 e. The third kappa shape index (κ3) is 2.19. The van der Waals surface area contributed by atoms with E-state index in [-0.39, 0.29) is 28.3 Å². The highest BCUT2D eigenvalue weighted by Crippen LogP contribution is 2.32. The summed E-state index contributed by atoms with van der Waals surface area (Å²) in [5, 5.41) is 9.34. The van der Waals surface area contributed by atoms with Crippen molar-refractivity contribution in [3.8, 4) is 23.0 Å². The van der Waals surface area contributed by atoms with Crippen LogP contribution in [0.1, 0.15) is 10.5 Å². The normalized spacial score (nSPS) is 10.7. The van der Waals surface area contributed by atoms with E-state index in [1.54, 1.807) is 12.1 Å². The van der Waals surface area contributed by atoms with Crippen LogP contribution in [0, 0.1) is 0 Å². The van der Waals surface area contributed by atoms with E-state index in [9.17, 15) is 9.90 Å². The Morgan fingerprint density at radius 2 is 1.85 bits per heavy atom. The minimum atomic E-state index is -1.20. The molecule has 2 heterocycles. The number of aromatic carboxylic acids is 1. The Hall–Kier alpha value is -2.53. The molecule has 20 heavy (non-hydrogen) atoms. The second-order valence-electron chi connectivity index (χ2n) is 3.97. The van der Waals surface area contributed by atoms with Crippen LogP contribution in [0.15, 0.2) is 51.3 Å². The van der Waals surface area contributed by atoms with E-state index < -0.39 is 5.97 Å². The summed E-state index contributed by atoms with van der Waals surface area (Å²) in [6.45, 7) is 0. The maximum absolute atomic E-state index is 11.2. The Balaban J connectivity index is 2.15. The summed E-state index contributed by atoms with van der Waals surface area (Å²) in [6.07, 6.45) is 0. The zero-order chi connectivity index (χ0) is 14.1. The molecule has 0 radical (unpaired) electrons. The molecule has 0 saturated carbocycles. The van der Waals surface area contributed by atoms with Crippen molar-refractivity contribution in [3.05, 3.63) is 53.4 Å². The molecule has 0 fully saturated rings. The van der Waals surface area contributed by atoms with Crippen LogP contribution in [-0.2, 0) is 0 Å². The Labute approximate surface area is 118 Å². The second-order valence-corrected chi connectivity index (χ2v) is 4.34. The summed E-state index contributed by atoms with van der Waals surface area (Å²) < 4.78 is 10.7. The molecule has 0 atom stereocenters. The first-order valence-electron chi connectivity index (χ1n) is 5.70. The standard InChI is InChI=1S/C14H8ClNO4/c15-10-7-6-9(19-10)12-11(14(17)18)16-13(20-12)8-4-2-1-3-5-8/h1-7H,(H,17,18). The lowest BCUT2D eigenvalue weighted by Gasteiger charge is -1.93. The minimum absolute atomic E-state index is 0.0447. The van der Waals surface area contributed by atoms with Gasteiger partial charge in [0.25, 0.3) is 0 Å². The zero-order valence-corrected chi connectivity index (χ0v) is 10.8. The van der Waals surface area contributed by atoms with Gasteiger partial charge in [-0.15, -0.1) is 0 Å². The molecule has 5 nitrogen and oxygen atoms in total. The maximum atomic E-state index is 11.2. The molecule has 0 aliphatic heterocycles. The van der Waals surface area contributed by atoms with Crippen molar-refractivity contribution in [1.29, 1.82) is 0 Å². The van der Waals surface area contributed by atoms with Gasteiger partial charge in [0.05, 0.1) is 0 Å². The molecule has 6 heteroatoms. The Bertz CT molecular complexity index is 761. The highest BCUT2D eigenvalue weighted by molar-refractivity contribution is 6.29. The first-order valence-corrected chi connectivity index (χ1v) is 6.08. The third-order valence-corrected chi connectivity index (χ3v) is 2.85. The van der Waals surface area contributed by atoms with E-state index >= 15 is 0 Å². The molecular formula is C14H8ClNO4. The van der Waals surface area contributed by atoms with Gasteiger partial charge in [-0.2, -0.15) is 0 Å². The van der Waals surface area contributed by atoms with Crippen molar-refractivity contribution in [3.63, 3.8) is 0 Å². The molecule has 0 aliphatic rings. The number of carboxylic acids is 1. The third-order valence-electron chi connectivity index (χ3n) is 2.65. The van der Waals surface area contributed by atoms with Gasteiger partial charge in [-0.05, 0) is 35.9 Å².